The molecular weight excluding hydrogens is 435 g/mol. The zero-order valence-corrected chi connectivity index (χ0v) is 21.5. The van der Waals surface area contributed by atoms with Crippen LogP contribution in [0.2, 0.25) is 0 Å². The summed E-state index contributed by atoms with van der Waals surface area (Å²) in [5.41, 5.74) is 10.0. The van der Waals surface area contributed by atoms with Crippen molar-refractivity contribution in [2.75, 3.05) is 9.80 Å². The molecule has 2 aliphatic rings. The highest BCUT2D eigenvalue weighted by Gasteiger charge is 2.44. The van der Waals surface area contributed by atoms with Gasteiger partial charge in [-0.3, -0.25) is 0 Å². The van der Waals surface area contributed by atoms with Gasteiger partial charge in [-0.15, -0.1) is 0 Å². The van der Waals surface area contributed by atoms with Crippen molar-refractivity contribution >= 4 is 18.1 Å². The Morgan fingerprint density at radius 1 is 0.611 bits per heavy atom. The molecule has 2 nitrogen and oxygen atoms in total. The van der Waals surface area contributed by atoms with Gasteiger partial charge in [0.2, 0.25) is 0 Å². The lowest BCUT2D eigenvalue weighted by Gasteiger charge is -2.45. The second-order valence-electron chi connectivity index (χ2n) is 8.54. The predicted octanol–water partition coefficient (Wildman–Crippen LogP) is 8.52. The predicted molar refractivity (Wildman–Crippen MR) is 159 cm³/mol. The number of allylic oxidation sites excluding steroid dienone is 11. The number of nitrogens with zero attached hydrogens (tertiary/aromatic N) is 2. The van der Waals surface area contributed by atoms with E-state index in [4.69, 9.17) is 0 Å². The summed E-state index contributed by atoms with van der Waals surface area (Å²) < 4.78 is 0. The van der Waals surface area contributed by atoms with E-state index in [9.17, 15) is 0 Å². The molecule has 4 rings (SSSR count). The minimum atomic E-state index is -0.0310. The quantitative estimate of drug-likeness (QED) is 0.376. The molecule has 2 aromatic rings. The van der Waals surface area contributed by atoms with Crippen LogP contribution >= 0.6 is 0 Å². The molecule has 0 N–H and O–H groups in total. The summed E-state index contributed by atoms with van der Waals surface area (Å²) in [7, 11) is 0. The Labute approximate surface area is 216 Å². The molecule has 3 heteroatoms. The molecule has 0 saturated carbocycles. The highest BCUT2D eigenvalue weighted by Crippen LogP contribution is 2.47. The number of rotatable bonds is 7. The largest absolute Gasteiger partial charge is 0.312 e. The van der Waals surface area contributed by atoms with Crippen LogP contribution in [0.15, 0.2) is 168 Å². The van der Waals surface area contributed by atoms with E-state index in [0.717, 1.165) is 45.1 Å². The Bertz CT molecular complexity index is 1350. The summed E-state index contributed by atoms with van der Waals surface area (Å²) in [6.45, 7) is 19.0. The van der Waals surface area contributed by atoms with Crippen LogP contribution in [-0.4, -0.2) is 6.71 Å². The van der Waals surface area contributed by atoms with E-state index in [1.165, 1.54) is 5.47 Å². The van der Waals surface area contributed by atoms with Gasteiger partial charge in [0.25, 0.3) is 6.71 Å². The zero-order valence-electron chi connectivity index (χ0n) is 21.5. The fourth-order valence-corrected chi connectivity index (χ4v) is 5.26. The Morgan fingerprint density at radius 2 is 1.08 bits per heavy atom. The molecule has 0 fully saturated rings. The molecule has 0 aromatic heterocycles. The molecule has 2 aliphatic heterocycles. The molecule has 178 valence electrons. The maximum absolute atomic E-state index is 4.30. The monoisotopic (exact) mass is 468 g/mol. The van der Waals surface area contributed by atoms with Crippen LogP contribution in [0.4, 0.5) is 11.4 Å². The average Bonchev–Trinajstić information content (AvgIpc) is 2.92. The first kappa shape index (κ1) is 24.9. The van der Waals surface area contributed by atoms with Crippen molar-refractivity contribution in [2.24, 2.45) is 0 Å². The molecule has 0 amide bonds. The lowest BCUT2D eigenvalue weighted by Crippen LogP contribution is -2.45. The molecule has 36 heavy (non-hydrogen) atoms. The Kier molecular flexibility index (Phi) is 7.60. The first-order valence-corrected chi connectivity index (χ1v) is 12.4. The first-order valence-electron chi connectivity index (χ1n) is 12.4. The number of hydrogen-bond acceptors (Lipinski definition) is 2. The third-order valence-corrected chi connectivity index (χ3v) is 6.60. The number of hydrogen-bond donors (Lipinski definition) is 0. The summed E-state index contributed by atoms with van der Waals surface area (Å²) in [5.74, 6) is 0. The molecule has 0 radical (unpaired) electrons. The van der Waals surface area contributed by atoms with Gasteiger partial charge in [0, 0.05) is 34.2 Å². The van der Waals surface area contributed by atoms with Crippen LogP contribution in [0.25, 0.3) is 0 Å². The van der Waals surface area contributed by atoms with Crippen molar-refractivity contribution in [3.05, 3.63) is 168 Å². The fraction of sp³-hybridized carbons (Fsp3) is 0.0909. The second kappa shape index (κ2) is 11.0. The van der Waals surface area contributed by atoms with E-state index >= 15 is 0 Å². The molecule has 2 aromatic carbocycles. The molecule has 2 heterocycles. The Hall–Kier alpha value is -4.24. The van der Waals surface area contributed by atoms with Gasteiger partial charge in [-0.1, -0.05) is 86.5 Å². The Balaban J connectivity index is 2.18. The van der Waals surface area contributed by atoms with E-state index in [1.807, 2.05) is 30.4 Å². The van der Waals surface area contributed by atoms with Crippen LogP contribution in [0, 0.1) is 0 Å². The third-order valence-electron chi connectivity index (χ3n) is 6.60. The molecular formula is C33H33BN2. The summed E-state index contributed by atoms with van der Waals surface area (Å²) >= 11 is 0. The summed E-state index contributed by atoms with van der Waals surface area (Å²) in [4.78, 5) is 4.63. The van der Waals surface area contributed by atoms with Gasteiger partial charge in [-0.25, -0.2) is 0 Å². The van der Waals surface area contributed by atoms with Gasteiger partial charge in [-0.2, -0.15) is 0 Å². The van der Waals surface area contributed by atoms with Gasteiger partial charge in [0.05, 0.1) is 0 Å². The zero-order chi connectivity index (χ0) is 25.7. The maximum atomic E-state index is 4.30. The summed E-state index contributed by atoms with van der Waals surface area (Å²) in [6, 6.07) is 21.0. The van der Waals surface area contributed by atoms with E-state index in [0.29, 0.717) is 0 Å². The molecule has 0 saturated heterocycles. The highest BCUT2D eigenvalue weighted by molar-refractivity contribution is 6.84. The molecule has 0 bridgehead atoms. The number of fused-ring (bicyclic) bond motifs is 1. The minimum Gasteiger partial charge on any atom is -0.312 e. The average molecular weight is 468 g/mol. The number of benzene rings is 2. The normalized spacial score (nSPS) is 17.5. The Morgan fingerprint density at radius 3 is 1.50 bits per heavy atom. The van der Waals surface area contributed by atoms with E-state index in [-0.39, 0.29) is 6.71 Å². The summed E-state index contributed by atoms with van der Waals surface area (Å²) in [6.07, 6.45) is 16.7. The smallest absolute Gasteiger partial charge is 0.252 e. The molecule has 0 aliphatic carbocycles. The first-order chi connectivity index (χ1) is 17.7. The van der Waals surface area contributed by atoms with Gasteiger partial charge >= 0.3 is 0 Å². The van der Waals surface area contributed by atoms with Gasteiger partial charge in [0.15, 0.2) is 0 Å². The van der Waals surface area contributed by atoms with Crippen LogP contribution in [0.3, 0.4) is 0 Å². The highest BCUT2D eigenvalue weighted by atomic mass is 15.2. The lowest BCUT2D eigenvalue weighted by atomic mass is 9.31. The SMILES string of the molecule is C=CC1=C(/C=C\C)N(c2ccccc2)C(C=C)=C2B1C(C=C)=C(/C=C\C)N(c1ccccc1)/C2=C/C. The van der Waals surface area contributed by atoms with Crippen molar-refractivity contribution in [3.8, 4) is 0 Å². The van der Waals surface area contributed by atoms with Crippen molar-refractivity contribution in [1.82, 2.24) is 0 Å². The van der Waals surface area contributed by atoms with Crippen LogP contribution in [-0.2, 0) is 0 Å². The van der Waals surface area contributed by atoms with E-state index in [2.05, 4.69) is 129 Å². The fourth-order valence-electron chi connectivity index (χ4n) is 5.26. The van der Waals surface area contributed by atoms with Crippen LogP contribution < -0.4 is 9.80 Å². The minimum absolute atomic E-state index is 0.0310. The topological polar surface area (TPSA) is 6.48 Å². The van der Waals surface area contributed by atoms with Crippen molar-refractivity contribution in [3.63, 3.8) is 0 Å². The number of anilines is 2. The van der Waals surface area contributed by atoms with E-state index < -0.39 is 0 Å². The molecule has 0 unspecified atom stereocenters. The van der Waals surface area contributed by atoms with Crippen molar-refractivity contribution in [2.45, 2.75) is 20.8 Å². The van der Waals surface area contributed by atoms with Gasteiger partial charge in [0.1, 0.15) is 0 Å². The maximum Gasteiger partial charge on any atom is 0.252 e. The molecule has 0 spiro atoms. The standard InChI is InChI=1S/C33H33BN2/c1-7-19-31-27(9-3)34-28(10-4)32(20-8-2)36(26-23-17-14-18-24-26)30(12-6)33(34)29(11-5)35(31)25-21-15-13-16-22-25/h7-24H,3-5H2,1-2,6H3/b19-7-,20-8-,30-12+. The van der Waals surface area contributed by atoms with Gasteiger partial charge < -0.3 is 9.80 Å². The van der Waals surface area contributed by atoms with Crippen molar-refractivity contribution < 1.29 is 0 Å². The van der Waals surface area contributed by atoms with E-state index in [1.54, 1.807) is 0 Å². The van der Waals surface area contributed by atoms with Gasteiger partial charge in [-0.05, 0) is 79.7 Å². The molecule has 0 atom stereocenters. The second-order valence-corrected chi connectivity index (χ2v) is 8.54. The lowest BCUT2D eigenvalue weighted by molar-refractivity contribution is 1.05. The van der Waals surface area contributed by atoms with Crippen LogP contribution in [0.5, 0.6) is 0 Å². The third kappa shape index (κ3) is 4.07. The van der Waals surface area contributed by atoms with Crippen molar-refractivity contribution in [1.29, 1.82) is 0 Å². The summed E-state index contributed by atoms with van der Waals surface area (Å²) in [5, 5.41) is 0. The number of para-hydroxylation sites is 2. The van der Waals surface area contributed by atoms with Crippen LogP contribution in [0.1, 0.15) is 20.8 Å².